The van der Waals surface area contributed by atoms with E-state index in [1.54, 1.807) is 0 Å². The topological polar surface area (TPSA) is 78.7 Å². The van der Waals surface area contributed by atoms with E-state index in [1.165, 1.54) is 0 Å². The molecule has 0 bridgehead atoms. The SMILES string of the molecule is NC1(C(=O)N2CCC[C@@]3(CCC(=O)N(Cc4ccccc4)C3)C2)CCNCC1. The number of hydrogen-bond donors (Lipinski definition) is 2. The zero-order valence-electron chi connectivity index (χ0n) is 16.7. The molecule has 3 heterocycles. The normalized spacial score (nSPS) is 27.8. The maximum Gasteiger partial charge on any atom is 0.242 e. The van der Waals surface area contributed by atoms with Gasteiger partial charge in [-0.1, -0.05) is 30.3 Å². The molecular weight excluding hydrogens is 352 g/mol. The third kappa shape index (κ3) is 3.94. The second kappa shape index (κ2) is 7.84. The molecule has 1 aromatic rings. The summed E-state index contributed by atoms with van der Waals surface area (Å²) in [5, 5.41) is 3.29. The van der Waals surface area contributed by atoms with E-state index in [9.17, 15) is 9.59 Å². The van der Waals surface area contributed by atoms with Gasteiger partial charge in [0.1, 0.15) is 0 Å². The number of carbonyl (C=O) groups is 2. The van der Waals surface area contributed by atoms with Gasteiger partial charge in [-0.15, -0.1) is 0 Å². The van der Waals surface area contributed by atoms with E-state index < -0.39 is 5.54 Å². The molecule has 1 atom stereocenters. The molecule has 3 fully saturated rings. The van der Waals surface area contributed by atoms with Gasteiger partial charge in [0.15, 0.2) is 0 Å². The molecule has 6 nitrogen and oxygen atoms in total. The van der Waals surface area contributed by atoms with Crippen LogP contribution in [0.3, 0.4) is 0 Å². The molecule has 4 rings (SSSR count). The summed E-state index contributed by atoms with van der Waals surface area (Å²) in [7, 11) is 0. The van der Waals surface area contributed by atoms with E-state index in [0.29, 0.717) is 25.8 Å². The van der Waals surface area contributed by atoms with Crippen molar-refractivity contribution >= 4 is 11.8 Å². The van der Waals surface area contributed by atoms with Crippen molar-refractivity contribution in [3.05, 3.63) is 35.9 Å². The summed E-state index contributed by atoms with van der Waals surface area (Å²) >= 11 is 0. The number of amides is 2. The lowest BCUT2D eigenvalue weighted by Crippen LogP contribution is -2.63. The van der Waals surface area contributed by atoms with Crippen LogP contribution in [0.25, 0.3) is 0 Å². The van der Waals surface area contributed by atoms with Crippen LogP contribution in [0.15, 0.2) is 30.3 Å². The van der Waals surface area contributed by atoms with Gasteiger partial charge >= 0.3 is 0 Å². The van der Waals surface area contributed by atoms with Gasteiger partial charge in [0.2, 0.25) is 11.8 Å². The van der Waals surface area contributed by atoms with Gasteiger partial charge in [0.05, 0.1) is 5.54 Å². The van der Waals surface area contributed by atoms with Crippen LogP contribution in [0.4, 0.5) is 0 Å². The van der Waals surface area contributed by atoms with E-state index in [2.05, 4.69) is 17.4 Å². The Morgan fingerprint density at radius 1 is 1.07 bits per heavy atom. The van der Waals surface area contributed by atoms with Crippen molar-refractivity contribution in [2.45, 2.75) is 50.6 Å². The van der Waals surface area contributed by atoms with E-state index in [0.717, 1.165) is 57.5 Å². The van der Waals surface area contributed by atoms with Crippen LogP contribution in [0, 0.1) is 5.41 Å². The Labute approximate surface area is 167 Å². The lowest BCUT2D eigenvalue weighted by atomic mass is 9.73. The molecule has 1 aromatic carbocycles. The van der Waals surface area contributed by atoms with Crippen LogP contribution in [0.2, 0.25) is 0 Å². The van der Waals surface area contributed by atoms with Crippen LogP contribution >= 0.6 is 0 Å². The average Bonchev–Trinajstić information content (AvgIpc) is 2.72. The predicted octanol–water partition coefficient (Wildman–Crippen LogP) is 1.50. The highest BCUT2D eigenvalue weighted by Crippen LogP contribution is 2.40. The molecule has 0 saturated carbocycles. The van der Waals surface area contributed by atoms with Crippen molar-refractivity contribution in [3.63, 3.8) is 0 Å². The quantitative estimate of drug-likeness (QED) is 0.828. The van der Waals surface area contributed by atoms with Crippen molar-refractivity contribution in [1.29, 1.82) is 0 Å². The number of benzene rings is 1. The molecule has 0 aliphatic carbocycles. The van der Waals surface area contributed by atoms with Gasteiger partial charge in [0, 0.05) is 38.0 Å². The molecule has 1 spiro atoms. The molecule has 28 heavy (non-hydrogen) atoms. The summed E-state index contributed by atoms with van der Waals surface area (Å²) in [4.78, 5) is 29.8. The van der Waals surface area contributed by atoms with Gasteiger partial charge in [-0.05, 0) is 50.8 Å². The smallest absolute Gasteiger partial charge is 0.242 e. The molecule has 0 radical (unpaired) electrons. The minimum absolute atomic E-state index is 0.0138. The maximum absolute atomic E-state index is 13.2. The highest BCUT2D eigenvalue weighted by molar-refractivity contribution is 5.86. The summed E-state index contributed by atoms with van der Waals surface area (Å²) in [5.74, 6) is 0.339. The maximum atomic E-state index is 13.2. The van der Waals surface area contributed by atoms with E-state index in [4.69, 9.17) is 5.73 Å². The van der Waals surface area contributed by atoms with E-state index in [1.807, 2.05) is 28.0 Å². The number of nitrogens with two attached hydrogens (primary N) is 1. The monoisotopic (exact) mass is 384 g/mol. The second-order valence-corrected chi connectivity index (χ2v) is 8.97. The Balaban J connectivity index is 1.46. The van der Waals surface area contributed by atoms with Crippen molar-refractivity contribution in [1.82, 2.24) is 15.1 Å². The van der Waals surface area contributed by atoms with Gasteiger partial charge in [0.25, 0.3) is 0 Å². The van der Waals surface area contributed by atoms with Crippen molar-refractivity contribution in [2.24, 2.45) is 11.1 Å². The van der Waals surface area contributed by atoms with Crippen LogP contribution < -0.4 is 11.1 Å². The zero-order chi connectivity index (χ0) is 19.6. The third-order valence-electron chi connectivity index (χ3n) is 6.83. The fourth-order valence-electron chi connectivity index (χ4n) is 5.17. The zero-order valence-corrected chi connectivity index (χ0v) is 16.7. The fourth-order valence-corrected chi connectivity index (χ4v) is 5.17. The van der Waals surface area contributed by atoms with E-state index in [-0.39, 0.29) is 17.2 Å². The number of piperidine rings is 3. The first kappa shape index (κ1) is 19.4. The average molecular weight is 385 g/mol. The standard InChI is InChI=1S/C22H32N4O2/c23-22(10-12-24-13-11-22)20(28)25-14-4-8-21(16-25)9-7-19(27)26(17-21)15-18-5-2-1-3-6-18/h1-3,5-6,24H,4,7-17,23H2/t21-/m1/s1. The third-order valence-corrected chi connectivity index (χ3v) is 6.83. The second-order valence-electron chi connectivity index (χ2n) is 8.97. The highest BCUT2D eigenvalue weighted by Gasteiger charge is 2.46. The molecule has 3 aliphatic heterocycles. The van der Waals surface area contributed by atoms with Crippen molar-refractivity contribution in [2.75, 3.05) is 32.7 Å². The van der Waals surface area contributed by atoms with Gasteiger partial charge in [-0.25, -0.2) is 0 Å². The Kier molecular flexibility index (Phi) is 5.43. The van der Waals surface area contributed by atoms with Crippen LogP contribution in [-0.2, 0) is 16.1 Å². The first-order chi connectivity index (χ1) is 13.5. The highest BCUT2D eigenvalue weighted by atomic mass is 16.2. The van der Waals surface area contributed by atoms with Gasteiger partial charge in [-0.3, -0.25) is 9.59 Å². The summed E-state index contributed by atoms with van der Waals surface area (Å²) < 4.78 is 0. The van der Waals surface area contributed by atoms with Crippen LogP contribution in [0.1, 0.15) is 44.1 Å². The summed E-state index contributed by atoms with van der Waals surface area (Å²) in [6.45, 7) is 4.53. The van der Waals surface area contributed by atoms with Gasteiger partial charge < -0.3 is 20.9 Å². The first-order valence-electron chi connectivity index (χ1n) is 10.6. The van der Waals surface area contributed by atoms with Crippen molar-refractivity contribution in [3.8, 4) is 0 Å². The number of carbonyl (C=O) groups excluding carboxylic acids is 2. The predicted molar refractivity (Wildman–Crippen MR) is 108 cm³/mol. The molecule has 152 valence electrons. The lowest BCUT2D eigenvalue weighted by Gasteiger charge is -2.50. The number of nitrogens with one attached hydrogen (secondary N) is 1. The largest absolute Gasteiger partial charge is 0.340 e. The number of nitrogens with zero attached hydrogens (tertiary/aromatic N) is 2. The summed E-state index contributed by atoms with van der Waals surface area (Å²) in [5.41, 5.74) is 6.96. The molecule has 2 amide bonds. The summed E-state index contributed by atoms with van der Waals surface area (Å²) in [6, 6.07) is 10.2. The fraction of sp³-hybridized carbons (Fsp3) is 0.636. The molecule has 3 saturated heterocycles. The van der Waals surface area contributed by atoms with E-state index >= 15 is 0 Å². The number of rotatable bonds is 3. The minimum atomic E-state index is -0.724. The molecule has 0 unspecified atom stereocenters. The van der Waals surface area contributed by atoms with Gasteiger partial charge in [-0.2, -0.15) is 0 Å². The molecular formula is C22H32N4O2. The number of likely N-dealkylation sites (tertiary alicyclic amines) is 2. The Bertz CT molecular complexity index is 717. The Morgan fingerprint density at radius 2 is 1.82 bits per heavy atom. The molecule has 0 aromatic heterocycles. The Morgan fingerprint density at radius 3 is 2.57 bits per heavy atom. The van der Waals surface area contributed by atoms with Crippen LogP contribution in [-0.4, -0.2) is 59.9 Å². The minimum Gasteiger partial charge on any atom is -0.340 e. The number of hydrogen-bond acceptors (Lipinski definition) is 4. The first-order valence-corrected chi connectivity index (χ1v) is 10.6. The Hall–Kier alpha value is -1.92. The van der Waals surface area contributed by atoms with Crippen molar-refractivity contribution < 1.29 is 9.59 Å². The molecule has 6 heteroatoms. The summed E-state index contributed by atoms with van der Waals surface area (Å²) in [6.07, 6.45) is 4.93. The van der Waals surface area contributed by atoms with Crippen LogP contribution in [0.5, 0.6) is 0 Å². The molecule has 3 N–H and O–H groups in total. The molecule has 3 aliphatic rings. The lowest BCUT2D eigenvalue weighted by molar-refractivity contribution is -0.147.